The molecule has 0 aliphatic carbocycles. The molecule has 148 valence electrons. The lowest BCUT2D eigenvalue weighted by Crippen LogP contribution is -2.42. The van der Waals surface area contributed by atoms with Gasteiger partial charge >= 0.3 is 0 Å². The topological polar surface area (TPSA) is 54.3 Å². The van der Waals surface area contributed by atoms with Gasteiger partial charge in [-0.3, -0.25) is 14.5 Å². The third-order valence-corrected chi connectivity index (χ3v) is 6.98. The van der Waals surface area contributed by atoms with Gasteiger partial charge in [0, 0.05) is 35.8 Å². The molecule has 1 aliphatic heterocycles. The van der Waals surface area contributed by atoms with Crippen LogP contribution in [-0.4, -0.2) is 41.1 Å². The molecule has 0 radical (unpaired) electrons. The standard InChI is InChI=1S/C22H27N3O2S/c1-3-25-18-10-5-4-9-16(18)20-17(22(25)27)14-19(28-20)21(26)23-11-13-24-12-7-6-8-15(24)2/h4-5,9-10,14-15H,3,6-8,11-13H2,1-2H3,(H,23,26)/t15-/m0/s1. The number of aryl methyl sites for hydroxylation is 1. The van der Waals surface area contributed by atoms with Gasteiger partial charge < -0.3 is 9.88 Å². The van der Waals surface area contributed by atoms with Gasteiger partial charge in [-0.25, -0.2) is 0 Å². The number of rotatable bonds is 5. The molecule has 0 unspecified atom stereocenters. The number of hydrogen-bond acceptors (Lipinski definition) is 4. The SMILES string of the molecule is CCn1c(=O)c2cc(C(=O)NCCN3CCCC[C@@H]3C)sc2c2ccccc21. The minimum Gasteiger partial charge on any atom is -0.350 e. The highest BCUT2D eigenvalue weighted by Gasteiger charge is 2.19. The zero-order chi connectivity index (χ0) is 19.7. The number of piperidine rings is 1. The molecule has 0 spiro atoms. The van der Waals surface area contributed by atoms with E-state index in [1.807, 2.05) is 31.2 Å². The van der Waals surface area contributed by atoms with Crippen molar-refractivity contribution >= 4 is 38.2 Å². The van der Waals surface area contributed by atoms with Crippen molar-refractivity contribution in [2.75, 3.05) is 19.6 Å². The first-order valence-electron chi connectivity index (χ1n) is 10.2. The third kappa shape index (κ3) is 3.47. The molecule has 0 saturated carbocycles. The number of pyridine rings is 1. The third-order valence-electron chi connectivity index (χ3n) is 5.81. The number of nitrogens with zero attached hydrogens (tertiary/aromatic N) is 2. The van der Waals surface area contributed by atoms with Crippen LogP contribution in [0.3, 0.4) is 0 Å². The molecule has 6 heteroatoms. The lowest BCUT2D eigenvalue weighted by atomic mass is 10.0. The molecule has 1 saturated heterocycles. The average Bonchev–Trinajstić information content (AvgIpc) is 3.16. The van der Waals surface area contributed by atoms with Crippen LogP contribution in [0.1, 0.15) is 42.8 Å². The number of thiophene rings is 1. The molecule has 2 aromatic heterocycles. The van der Waals surface area contributed by atoms with Crippen molar-refractivity contribution in [3.05, 3.63) is 45.6 Å². The fourth-order valence-corrected chi connectivity index (χ4v) is 5.32. The summed E-state index contributed by atoms with van der Waals surface area (Å²) in [6, 6.07) is 10.3. The number of aromatic nitrogens is 1. The summed E-state index contributed by atoms with van der Waals surface area (Å²) >= 11 is 1.42. The predicted octanol–water partition coefficient (Wildman–Crippen LogP) is 3.84. The van der Waals surface area contributed by atoms with Crippen LogP contribution in [0.2, 0.25) is 0 Å². The van der Waals surface area contributed by atoms with E-state index in [0.29, 0.717) is 29.4 Å². The fourth-order valence-electron chi connectivity index (χ4n) is 4.22. The van der Waals surface area contributed by atoms with Crippen molar-refractivity contribution < 1.29 is 4.79 Å². The van der Waals surface area contributed by atoms with Gasteiger partial charge in [0.05, 0.1) is 15.8 Å². The number of benzene rings is 1. The van der Waals surface area contributed by atoms with Gasteiger partial charge in [-0.15, -0.1) is 11.3 Å². The predicted molar refractivity (Wildman–Crippen MR) is 116 cm³/mol. The van der Waals surface area contributed by atoms with E-state index in [4.69, 9.17) is 0 Å². The number of hydrogen-bond donors (Lipinski definition) is 1. The van der Waals surface area contributed by atoms with Crippen LogP contribution in [0.4, 0.5) is 0 Å². The fraction of sp³-hybridized carbons (Fsp3) is 0.455. The molecule has 1 fully saturated rings. The summed E-state index contributed by atoms with van der Waals surface area (Å²) in [5.74, 6) is -0.0857. The van der Waals surface area contributed by atoms with Gasteiger partial charge in [-0.1, -0.05) is 24.6 Å². The zero-order valence-corrected chi connectivity index (χ0v) is 17.3. The second-order valence-electron chi connectivity index (χ2n) is 7.56. The van der Waals surface area contributed by atoms with Crippen LogP contribution in [-0.2, 0) is 6.54 Å². The first kappa shape index (κ1) is 19.2. The van der Waals surface area contributed by atoms with E-state index in [-0.39, 0.29) is 11.5 Å². The molecule has 1 N–H and O–H groups in total. The van der Waals surface area contributed by atoms with Crippen LogP contribution < -0.4 is 10.9 Å². The summed E-state index contributed by atoms with van der Waals surface area (Å²) in [4.78, 5) is 28.7. The molecule has 1 atom stereocenters. The summed E-state index contributed by atoms with van der Waals surface area (Å²) in [5.41, 5.74) is 0.907. The van der Waals surface area contributed by atoms with E-state index in [2.05, 4.69) is 17.1 Å². The maximum absolute atomic E-state index is 12.9. The van der Waals surface area contributed by atoms with E-state index in [1.165, 1.54) is 30.6 Å². The minimum atomic E-state index is -0.0857. The first-order valence-corrected chi connectivity index (χ1v) is 11.0. The average molecular weight is 398 g/mol. The van der Waals surface area contributed by atoms with Gasteiger partial charge in [-0.2, -0.15) is 0 Å². The number of amides is 1. The molecule has 28 heavy (non-hydrogen) atoms. The summed E-state index contributed by atoms with van der Waals surface area (Å²) in [6.07, 6.45) is 3.78. The second kappa shape index (κ2) is 8.05. The lowest BCUT2D eigenvalue weighted by molar-refractivity contribution is 0.0942. The molecule has 4 rings (SSSR count). The Morgan fingerprint density at radius 1 is 1.25 bits per heavy atom. The van der Waals surface area contributed by atoms with Crippen molar-refractivity contribution in [2.45, 2.75) is 45.7 Å². The second-order valence-corrected chi connectivity index (χ2v) is 8.61. The number of likely N-dealkylation sites (tertiary alicyclic amines) is 1. The van der Waals surface area contributed by atoms with Crippen molar-refractivity contribution in [3.63, 3.8) is 0 Å². The van der Waals surface area contributed by atoms with E-state index in [1.54, 1.807) is 10.6 Å². The Labute approximate surface area is 169 Å². The molecule has 1 amide bonds. The Balaban J connectivity index is 1.57. The molecule has 5 nitrogen and oxygen atoms in total. The van der Waals surface area contributed by atoms with Gasteiger partial charge in [-0.05, 0) is 45.4 Å². The quantitative estimate of drug-likeness (QED) is 0.712. The van der Waals surface area contributed by atoms with Crippen molar-refractivity contribution in [1.82, 2.24) is 14.8 Å². The van der Waals surface area contributed by atoms with Crippen LogP contribution in [0, 0.1) is 0 Å². The van der Waals surface area contributed by atoms with E-state index in [9.17, 15) is 9.59 Å². The molecule has 1 aliphatic rings. The van der Waals surface area contributed by atoms with E-state index in [0.717, 1.165) is 28.7 Å². The van der Waals surface area contributed by atoms with Gasteiger partial charge in [0.25, 0.3) is 11.5 Å². The van der Waals surface area contributed by atoms with E-state index >= 15 is 0 Å². The zero-order valence-electron chi connectivity index (χ0n) is 16.5. The summed E-state index contributed by atoms with van der Waals surface area (Å²) < 4.78 is 2.68. The number of fused-ring (bicyclic) bond motifs is 3. The number of carbonyl (C=O) groups is 1. The van der Waals surface area contributed by atoms with Crippen LogP contribution in [0.25, 0.3) is 21.0 Å². The highest BCUT2D eigenvalue weighted by atomic mass is 32.1. The van der Waals surface area contributed by atoms with Crippen LogP contribution in [0.5, 0.6) is 0 Å². The molecule has 3 aromatic rings. The smallest absolute Gasteiger partial charge is 0.261 e. The van der Waals surface area contributed by atoms with Crippen LogP contribution in [0.15, 0.2) is 35.1 Å². The normalized spacial score (nSPS) is 18.0. The monoisotopic (exact) mass is 397 g/mol. The number of para-hydroxylation sites is 1. The highest BCUT2D eigenvalue weighted by molar-refractivity contribution is 7.21. The first-order chi connectivity index (χ1) is 13.6. The number of carbonyl (C=O) groups excluding carboxylic acids is 1. The van der Waals surface area contributed by atoms with Crippen molar-refractivity contribution in [2.24, 2.45) is 0 Å². The van der Waals surface area contributed by atoms with Gasteiger partial charge in [0.15, 0.2) is 0 Å². The van der Waals surface area contributed by atoms with Crippen LogP contribution >= 0.6 is 11.3 Å². The Kier molecular flexibility index (Phi) is 5.51. The molecule has 0 bridgehead atoms. The van der Waals surface area contributed by atoms with E-state index < -0.39 is 0 Å². The number of nitrogens with one attached hydrogen (secondary N) is 1. The Morgan fingerprint density at radius 3 is 2.86 bits per heavy atom. The summed E-state index contributed by atoms with van der Waals surface area (Å²) in [5, 5.41) is 4.72. The Hall–Kier alpha value is -2.18. The molecule has 3 heterocycles. The van der Waals surface area contributed by atoms with Crippen molar-refractivity contribution in [1.29, 1.82) is 0 Å². The van der Waals surface area contributed by atoms with Gasteiger partial charge in [0.2, 0.25) is 0 Å². The molecule has 1 aromatic carbocycles. The minimum absolute atomic E-state index is 0.0198. The maximum Gasteiger partial charge on any atom is 0.261 e. The Morgan fingerprint density at radius 2 is 2.07 bits per heavy atom. The van der Waals surface area contributed by atoms with Crippen molar-refractivity contribution in [3.8, 4) is 0 Å². The maximum atomic E-state index is 12.9. The summed E-state index contributed by atoms with van der Waals surface area (Å²) in [6.45, 7) is 7.47. The highest BCUT2D eigenvalue weighted by Crippen LogP contribution is 2.30. The molecular weight excluding hydrogens is 370 g/mol. The largest absolute Gasteiger partial charge is 0.350 e. The Bertz CT molecular complexity index is 1070. The lowest BCUT2D eigenvalue weighted by Gasteiger charge is -2.33. The van der Waals surface area contributed by atoms with Gasteiger partial charge in [0.1, 0.15) is 0 Å². The summed E-state index contributed by atoms with van der Waals surface area (Å²) in [7, 11) is 0. The molecular formula is C22H27N3O2S.